The second kappa shape index (κ2) is 28.6. The normalized spacial score (nSPS) is 25.9. The van der Waals surface area contributed by atoms with Crippen LogP contribution in [0.5, 0.6) is 17.2 Å². The Morgan fingerprint density at radius 3 is 0.885 bits per heavy atom. The minimum Gasteiger partial charge on any atom is -0.495 e. The Balaban J connectivity index is 0.988. The maximum atomic E-state index is 14.6. The predicted molar refractivity (Wildman–Crippen MR) is 323 cm³/mol. The zero-order valence-electron chi connectivity index (χ0n) is 50.3. The van der Waals surface area contributed by atoms with Gasteiger partial charge in [0, 0.05) is 59.5 Å². The van der Waals surface area contributed by atoms with Crippen LogP contribution in [0.25, 0.3) is 0 Å². The van der Waals surface area contributed by atoms with Crippen molar-refractivity contribution in [3.05, 3.63) is 122 Å². The van der Waals surface area contributed by atoms with Crippen molar-refractivity contribution >= 4 is 47.3 Å². The zero-order valence-corrected chi connectivity index (χ0v) is 50.3. The minimum atomic E-state index is -0.463. The van der Waals surface area contributed by atoms with E-state index in [0.29, 0.717) is 131 Å². The van der Waals surface area contributed by atoms with Crippen molar-refractivity contribution in [1.82, 2.24) is 42.5 Å². The van der Waals surface area contributed by atoms with Crippen LogP contribution in [0.4, 0.5) is 0 Å². The third-order valence-corrected chi connectivity index (χ3v) is 17.5. The Labute approximate surface area is 507 Å². The minimum absolute atomic E-state index is 0.0391. The number of methoxy groups -OCH3 is 1. The highest BCUT2D eigenvalue weighted by molar-refractivity contribution is 6.07. The standard InChI is InChI=1S/C66H82N8O13/c1-37-26-50-56(83-4)51(27-37)62(78)70-47-17-9-19-49(36-47)74-66(82)55-31-39(3)29-53-58(55)87-25-23-85-21-20-84-22-24-86-57-52(28-38(2)30-54(57)65(81)73-48-18-8-16-46(35-48)69-61(50)77)63(79)71-44-14-6-12-42(33-44)67-59(75)40-10-5-11-41(32-40)60(76)68-43-13-7-15-45(34-43)72-64(53)80/h5,10-11,26-32,42-49H,6-9,12-25,33-36H2,1-4H3,(H,67,75)(H,68,76)(H,69,77)(H,70,78)(H,71,79)(H,72,80)(H,73,81)(H,74,82). The van der Waals surface area contributed by atoms with Gasteiger partial charge in [0.1, 0.15) is 30.5 Å². The summed E-state index contributed by atoms with van der Waals surface area (Å²) in [6, 6.07) is 13.9. The van der Waals surface area contributed by atoms with Crippen LogP contribution in [0.1, 0.15) is 202 Å². The smallest absolute Gasteiger partial charge is 0.255 e. The molecule has 4 fully saturated rings. The average Bonchev–Trinajstić information content (AvgIpc) is 1.72. The van der Waals surface area contributed by atoms with Crippen molar-refractivity contribution < 1.29 is 62.0 Å². The van der Waals surface area contributed by atoms with Crippen LogP contribution in [0.3, 0.4) is 0 Å². The highest BCUT2D eigenvalue weighted by Crippen LogP contribution is 2.33. The summed E-state index contributed by atoms with van der Waals surface area (Å²) in [6.07, 6.45) is 9.65. The number of carbonyl (C=O) groups is 8. The molecule has 21 nitrogen and oxygen atoms in total. The van der Waals surface area contributed by atoms with E-state index in [1.165, 1.54) is 7.11 Å². The molecule has 14 bridgehead atoms. The summed E-state index contributed by atoms with van der Waals surface area (Å²) in [7, 11) is 1.42. The lowest BCUT2D eigenvalue weighted by Crippen LogP contribution is -2.46. The van der Waals surface area contributed by atoms with E-state index in [1.807, 2.05) is 0 Å². The van der Waals surface area contributed by atoms with Crippen molar-refractivity contribution in [3.8, 4) is 17.2 Å². The highest BCUT2D eigenvalue weighted by Gasteiger charge is 2.35. The van der Waals surface area contributed by atoms with Gasteiger partial charge in [-0.2, -0.15) is 0 Å². The Bertz CT molecular complexity index is 3060. The molecule has 2 heterocycles. The molecule has 6 aliphatic rings. The topological polar surface area (TPSA) is 279 Å². The third-order valence-electron chi connectivity index (χ3n) is 17.5. The van der Waals surface area contributed by atoms with Crippen molar-refractivity contribution in [3.63, 3.8) is 0 Å². The van der Waals surface area contributed by atoms with Crippen molar-refractivity contribution in [2.24, 2.45) is 0 Å². The van der Waals surface area contributed by atoms with Crippen molar-refractivity contribution in [2.75, 3.05) is 46.8 Å². The lowest BCUT2D eigenvalue weighted by molar-refractivity contribution is 0.0269. The molecular formula is C66H82N8O13. The lowest BCUT2D eigenvalue weighted by Gasteiger charge is -2.32. The van der Waals surface area contributed by atoms with Crippen LogP contribution in [-0.2, 0) is 9.47 Å². The number of nitrogens with one attached hydrogen (secondary N) is 8. The van der Waals surface area contributed by atoms with Gasteiger partial charge in [-0.3, -0.25) is 38.4 Å². The first-order valence-corrected chi connectivity index (χ1v) is 31.0. The fraction of sp³-hybridized carbons (Fsp3) is 0.515. The Hall–Kier alpha value is -8.04. The second-order valence-corrected chi connectivity index (χ2v) is 24.3. The summed E-state index contributed by atoms with van der Waals surface area (Å²) in [5.74, 6) is -3.17. The molecule has 4 aliphatic carbocycles. The van der Waals surface area contributed by atoms with E-state index in [1.54, 1.807) is 81.4 Å². The number of ether oxygens (including phenoxy) is 5. The van der Waals surface area contributed by atoms with Crippen LogP contribution in [0, 0.1) is 20.8 Å². The summed E-state index contributed by atoms with van der Waals surface area (Å²) in [5, 5.41) is 25.3. The monoisotopic (exact) mass is 1190 g/mol. The van der Waals surface area contributed by atoms with E-state index < -0.39 is 35.4 Å². The first-order chi connectivity index (χ1) is 42.0. The molecule has 4 aromatic rings. The van der Waals surface area contributed by atoms with Gasteiger partial charge in [0.05, 0.1) is 66.9 Å². The molecule has 87 heavy (non-hydrogen) atoms. The molecule has 8 N–H and O–H groups in total. The maximum Gasteiger partial charge on any atom is 0.255 e. The van der Waals surface area contributed by atoms with Gasteiger partial charge in [-0.25, -0.2) is 0 Å². The zero-order chi connectivity index (χ0) is 61.1. The van der Waals surface area contributed by atoms with Gasteiger partial charge in [0.15, 0.2) is 0 Å². The number of carbonyl (C=O) groups excluding carboxylic acids is 8. The van der Waals surface area contributed by atoms with Gasteiger partial charge >= 0.3 is 0 Å². The number of hydrogen-bond donors (Lipinski definition) is 8. The number of amides is 8. The first-order valence-electron chi connectivity index (χ1n) is 31.0. The Morgan fingerprint density at radius 1 is 0.345 bits per heavy atom. The number of aryl methyl sites for hydroxylation is 3. The van der Waals surface area contributed by atoms with Crippen LogP contribution in [-0.4, -0.2) is 142 Å². The summed E-state index contributed by atoms with van der Waals surface area (Å²) < 4.78 is 30.5. The molecule has 21 heteroatoms. The van der Waals surface area contributed by atoms with E-state index in [-0.39, 0.29) is 150 Å². The molecule has 8 amide bonds. The fourth-order valence-corrected chi connectivity index (χ4v) is 13.3. The second-order valence-electron chi connectivity index (χ2n) is 24.3. The summed E-state index contributed by atoms with van der Waals surface area (Å²) >= 11 is 0. The molecule has 0 radical (unpaired) electrons. The van der Waals surface area contributed by atoms with Gasteiger partial charge in [-0.1, -0.05) is 6.07 Å². The van der Waals surface area contributed by atoms with E-state index in [0.717, 1.165) is 0 Å². The highest BCUT2D eigenvalue weighted by atomic mass is 16.6. The van der Waals surface area contributed by atoms with Gasteiger partial charge in [0.2, 0.25) is 0 Å². The lowest BCUT2D eigenvalue weighted by atomic mass is 9.89. The molecule has 2 aliphatic heterocycles. The SMILES string of the molecule is COc1c2cc(C)cc1C(=O)NC1CCCC(C1)NC(=O)c1cc(C)cc3c1OCCOCCOCCOc1c(cc(C)cc1C(=O)NC1CCCC(C1)NC2=O)C(=O)NC1CCCC(C1)NC(=O)c1cccc(c1)C(=O)NC1CCCC(C1)NC3=O. The van der Waals surface area contributed by atoms with Gasteiger partial charge < -0.3 is 66.2 Å². The van der Waals surface area contributed by atoms with E-state index >= 15 is 0 Å². The van der Waals surface area contributed by atoms with Crippen LogP contribution in [0.15, 0.2) is 60.7 Å². The fourth-order valence-electron chi connectivity index (χ4n) is 13.3. The number of rotatable bonds is 1. The number of hydrogen-bond acceptors (Lipinski definition) is 13. The largest absolute Gasteiger partial charge is 0.495 e. The van der Waals surface area contributed by atoms with Crippen LogP contribution >= 0.6 is 0 Å². The summed E-state index contributed by atoms with van der Waals surface area (Å²) in [4.78, 5) is 115. The molecule has 0 saturated heterocycles. The van der Waals surface area contributed by atoms with E-state index in [2.05, 4.69) is 42.5 Å². The van der Waals surface area contributed by atoms with Crippen molar-refractivity contribution in [1.29, 1.82) is 0 Å². The molecule has 8 atom stereocenters. The molecule has 0 aromatic heterocycles. The Kier molecular flexibility index (Phi) is 20.4. The van der Waals surface area contributed by atoms with Crippen LogP contribution in [0.2, 0.25) is 0 Å². The number of fused-ring (bicyclic) bond motifs is 21. The third kappa shape index (κ3) is 15.8. The molecule has 4 aromatic carbocycles. The molecule has 10 rings (SSSR count). The molecule has 8 unspecified atom stereocenters. The molecular weight excluding hydrogens is 1110 g/mol. The average molecular weight is 1200 g/mol. The van der Waals surface area contributed by atoms with Gasteiger partial charge in [-0.15, -0.1) is 0 Å². The maximum absolute atomic E-state index is 14.6. The summed E-state index contributed by atoms with van der Waals surface area (Å²) in [5.41, 5.74) is 3.52. The predicted octanol–water partition coefficient (Wildman–Crippen LogP) is 6.62. The van der Waals surface area contributed by atoms with Crippen molar-refractivity contribution in [2.45, 2.75) is 172 Å². The molecule has 4 saturated carbocycles. The van der Waals surface area contributed by atoms with E-state index in [9.17, 15) is 38.4 Å². The Morgan fingerprint density at radius 2 is 0.598 bits per heavy atom. The van der Waals surface area contributed by atoms with Gasteiger partial charge in [0.25, 0.3) is 47.3 Å². The quantitative estimate of drug-likeness (QED) is 0.0932. The van der Waals surface area contributed by atoms with Gasteiger partial charge in [-0.05, 0) is 195 Å². The summed E-state index contributed by atoms with van der Waals surface area (Å²) in [6.45, 7) is 5.75. The number of benzene rings is 4. The molecule has 0 spiro atoms. The van der Waals surface area contributed by atoms with E-state index in [4.69, 9.17) is 23.7 Å². The van der Waals surface area contributed by atoms with Crippen LogP contribution < -0.4 is 56.7 Å². The molecule has 464 valence electrons. The first kappa shape index (κ1) is 62.0.